The lowest BCUT2D eigenvalue weighted by molar-refractivity contribution is 0.0945. The molecule has 1 amide bonds. The maximum absolute atomic E-state index is 12.6. The Morgan fingerprint density at radius 2 is 1.94 bits per heavy atom. The minimum atomic E-state index is -3.49. The molecule has 1 aliphatic rings. The van der Waals surface area contributed by atoms with Crippen molar-refractivity contribution in [3.63, 3.8) is 0 Å². The number of nitrogens with one attached hydrogen (secondary N) is 2. The number of hydrogen-bond acceptors (Lipinski definition) is 6. The van der Waals surface area contributed by atoms with Gasteiger partial charge in [0.05, 0.1) is 23.4 Å². The molecule has 1 aromatic heterocycles. The molecule has 10 heteroatoms. The molecule has 9 nitrogen and oxygen atoms in total. The van der Waals surface area contributed by atoms with Gasteiger partial charge >= 0.3 is 0 Å². The normalized spacial score (nSPS) is 13.7. The summed E-state index contributed by atoms with van der Waals surface area (Å²) in [4.78, 5) is 12.8. The minimum Gasteiger partial charge on any atom is -0.497 e. The number of carbonyl (C=O) groups is 1. The van der Waals surface area contributed by atoms with Gasteiger partial charge in [0.25, 0.3) is 5.91 Å². The zero-order valence-corrected chi connectivity index (χ0v) is 18.0. The second-order valence-electron chi connectivity index (χ2n) is 7.36. The zero-order valence-electron chi connectivity index (χ0n) is 17.2. The van der Waals surface area contributed by atoms with E-state index < -0.39 is 10.0 Å². The monoisotopic (exact) mass is 441 g/mol. The Labute approximate surface area is 180 Å². The van der Waals surface area contributed by atoms with Crippen molar-refractivity contribution in [3.05, 3.63) is 65.5 Å². The van der Waals surface area contributed by atoms with Crippen LogP contribution in [-0.4, -0.2) is 42.5 Å². The Hall–Kier alpha value is -3.24. The van der Waals surface area contributed by atoms with Crippen LogP contribution in [0.5, 0.6) is 5.75 Å². The molecular weight excluding hydrogens is 418 g/mol. The van der Waals surface area contributed by atoms with Crippen molar-refractivity contribution in [3.8, 4) is 11.4 Å². The predicted octanol–water partition coefficient (Wildman–Crippen LogP) is 1.96. The van der Waals surface area contributed by atoms with Crippen molar-refractivity contribution in [2.24, 2.45) is 0 Å². The first-order valence-electron chi connectivity index (χ1n) is 9.83. The molecule has 2 N–H and O–H groups in total. The van der Waals surface area contributed by atoms with Gasteiger partial charge in [-0.1, -0.05) is 23.4 Å². The molecule has 0 spiro atoms. The summed E-state index contributed by atoms with van der Waals surface area (Å²) in [5.74, 6) is 0.315. The largest absolute Gasteiger partial charge is 0.497 e. The summed E-state index contributed by atoms with van der Waals surface area (Å²) in [7, 11) is -1.91. The molecule has 2 aromatic carbocycles. The van der Waals surface area contributed by atoms with Crippen LogP contribution >= 0.6 is 0 Å². The van der Waals surface area contributed by atoms with Crippen LogP contribution in [0.4, 0.5) is 0 Å². The highest BCUT2D eigenvalue weighted by molar-refractivity contribution is 7.89. The van der Waals surface area contributed by atoms with Crippen molar-refractivity contribution in [1.82, 2.24) is 25.0 Å². The second kappa shape index (κ2) is 8.48. The van der Waals surface area contributed by atoms with E-state index in [9.17, 15) is 13.2 Å². The Balaban J connectivity index is 1.41. The van der Waals surface area contributed by atoms with E-state index in [1.165, 1.54) is 12.1 Å². The van der Waals surface area contributed by atoms with Crippen LogP contribution in [0.1, 0.15) is 34.6 Å². The van der Waals surface area contributed by atoms with Crippen LogP contribution in [-0.2, 0) is 16.6 Å². The Bertz CT molecular complexity index is 1200. The fraction of sp³-hybridized carbons (Fsp3) is 0.286. The standard InChI is InChI=1S/C21H23N5O4S/c1-14-20(23-25-26(14)17-4-3-5-18(12-17)30-2)21(27)22-13-15-6-10-19(11-7-15)31(28,29)24-16-8-9-16/h3-7,10-12,16,24H,8-9,13H2,1-2H3,(H,22,27). The number of nitrogens with zero attached hydrogens (tertiary/aromatic N) is 3. The second-order valence-corrected chi connectivity index (χ2v) is 9.07. The van der Waals surface area contributed by atoms with Crippen molar-refractivity contribution in [2.45, 2.75) is 37.2 Å². The van der Waals surface area contributed by atoms with Gasteiger partial charge in [-0.25, -0.2) is 17.8 Å². The van der Waals surface area contributed by atoms with Crippen LogP contribution in [0.3, 0.4) is 0 Å². The molecule has 3 aromatic rings. The summed E-state index contributed by atoms with van der Waals surface area (Å²) in [5.41, 5.74) is 2.32. The number of aromatic nitrogens is 3. The predicted molar refractivity (Wildman–Crippen MR) is 114 cm³/mol. The highest BCUT2D eigenvalue weighted by atomic mass is 32.2. The molecule has 4 rings (SSSR count). The summed E-state index contributed by atoms with van der Waals surface area (Å²) in [6, 6.07) is 13.8. The van der Waals surface area contributed by atoms with E-state index in [0.29, 0.717) is 11.4 Å². The Kier molecular flexibility index (Phi) is 5.75. The van der Waals surface area contributed by atoms with Crippen molar-refractivity contribution >= 4 is 15.9 Å². The molecule has 1 saturated carbocycles. The van der Waals surface area contributed by atoms with Gasteiger partial charge in [-0.2, -0.15) is 0 Å². The quantitative estimate of drug-likeness (QED) is 0.552. The van der Waals surface area contributed by atoms with E-state index >= 15 is 0 Å². The summed E-state index contributed by atoms with van der Waals surface area (Å²) in [5, 5.41) is 10.9. The van der Waals surface area contributed by atoms with Crippen molar-refractivity contribution < 1.29 is 17.9 Å². The van der Waals surface area contributed by atoms with Gasteiger partial charge in [0, 0.05) is 18.7 Å². The maximum atomic E-state index is 12.6. The molecule has 0 unspecified atom stereocenters. The van der Waals surface area contributed by atoms with Gasteiger partial charge in [-0.05, 0) is 49.6 Å². The lowest BCUT2D eigenvalue weighted by Crippen LogP contribution is -2.26. The number of benzene rings is 2. The topological polar surface area (TPSA) is 115 Å². The van der Waals surface area contributed by atoms with Gasteiger partial charge in [0.2, 0.25) is 10.0 Å². The maximum Gasteiger partial charge on any atom is 0.274 e. The molecular formula is C21H23N5O4S. The van der Waals surface area contributed by atoms with E-state index in [1.807, 2.05) is 18.2 Å². The third-order valence-electron chi connectivity index (χ3n) is 4.99. The Morgan fingerprint density at radius 3 is 2.61 bits per heavy atom. The lowest BCUT2D eigenvalue weighted by atomic mass is 10.2. The minimum absolute atomic E-state index is 0.0533. The van der Waals surface area contributed by atoms with Crippen LogP contribution in [0.15, 0.2) is 53.4 Å². The Morgan fingerprint density at radius 1 is 1.19 bits per heavy atom. The number of sulfonamides is 1. The van der Waals surface area contributed by atoms with E-state index in [-0.39, 0.29) is 29.1 Å². The summed E-state index contributed by atoms with van der Waals surface area (Å²) >= 11 is 0. The first-order chi connectivity index (χ1) is 14.9. The average molecular weight is 442 g/mol. The summed E-state index contributed by atoms with van der Waals surface area (Å²) in [6.07, 6.45) is 1.76. The van der Waals surface area contributed by atoms with Gasteiger partial charge in [-0.15, -0.1) is 5.10 Å². The molecule has 0 bridgehead atoms. The highest BCUT2D eigenvalue weighted by Gasteiger charge is 2.27. The molecule has 1 aliphatic carbocycles. The molecule has 1 fully saturated rings. The number of hydrogen-bond donors (Lipinski definition) is 2. The number of ether oxygens (including phenoxy) is 1. The molecule has 0 radical (unpaired) electrons. The molecule has 0 saturated heterocycles. The third-order valence-corrected chi connectivity index (χ3v) is 6.53. The summed E-state index contributed by atoms with van der Waals surface area (Å²) < 4.78 is 33.9. The smallest absolute Gasteiger partial charge is 0.274 e. The molecule has 0 atom stereocenters. The lowest BCUT2D eigenvalue weighted by Gasteiger charge is -2.08. The van der Waals surface area contributed by atoms with E-state index in [0.717, 1.165) is 24.1 Å². The van der Waals surface area contributed by atoms with E-state index in [1.54, 1.807) is 36.9 Å². The molecule has 1 heterocycles. The van der Waals surface area contributed by atoms with Gasteiger partial charge in [0.1, 0.15) is 5.75 Å². The van der Waals surface area contributed by atoms with Gasteiger partial charge < -0.3 is 10.1 Å². The van der Waals surface area contributed by atoms with Gasteiger partial charge in [0.15, 0.2) is 5.69 Å². The first-order valence-corrected chi connectivity index (χ1v) is 11.3. The fourth-order valence-electron chi connectivity index (χ4n) is 3.07. The highest BCUT2D eigenvalue weighted by Crippen LogP contribution is 2.22. The number of carbonyl (C=O) groups excluding carboxylic acids is 1. The number of amides is 1. The zero-order chi connectivity index (χ0) is 22.0. The first kappa shape index (κ1) is 21.0. The summed E-state index contributed by atoms with van der Waals surface area (Å²) in [6.45, 7) is 2.00. The van der Waals surface area contributed by atoms with E-state index in [2.05, 4.69) is 20.4 Å². The number of rotatable bonds is 8. The fourth-order valence-corrected chi connectivity index (χ4v) is 4.37. The van der Waals surface area contributed by atoms with Crippen molar-refractivity contribution in [2.75, 3.05) is 7.11 Å². The van der Waals surface area contributed by atoms with Crippen LogP contribution in [0, 0.1) is 6.92 Å². The van der Waals surface area contributed by atoms with Crippen LogP contribution in [0.25, 0.3) is 5.69 Å². The third kappa shape index (κ3) is 4.75. The van der Waals surface area contributed by atoms with E-state index in [4.69, 9.17) is 4.74 Å². The molecule has 162 valence electrons. The van der Waals surface area contributed by atoms with Crippen LogP contribution < -0.4 is 14.8 Å². The van der Waals surface area contributed by atoms with Crippen LogP contribution in [0.2, 0.25) is 0 Å². The molecule has 0 aliphatic heterocycles. The van der Waals surface area contributed by atoms with Gasteiger partial charge in [-0.3, -0.25) is 4.79 Å². The van der Waals surface area contributed by atoms with Crippen molar-refractivity contribution in [1.29, 1.82) is 0 Å². The SMILES string of the molecule is COc1cccc(-n2nnc(C(=O)NCc3ccc(S(=O)(=O)NC4CC4)cc3)c2C)c1. The average Bonchev–Trinajstić information content (AvgIpc) is 3.49. The molecule has 31 heavy (non-hydrogen) atoms. The number of methoxy groups -OCH3 is 1.